The van der Waals surface area contributed by atoms with Crippen molar-refractivity contribution in [2.24, 2.45) is 0 Å². The van der Waals surface area contributed by atoms with E-state index in [1.807, 2.05) is 49.5 Å². The number of aryl methyl sites for hydroxylation is 1. The van der Waals surface area contributed by atoms with E-state index in [2.05, 4.69) is 17.2 Å². The molecule has 3 heteroatoms. The van der Waals surface area contributed by atoms with E-state index in [9.17, 15) is 0 Å². The van der Waals surface area contributed by atoms with Gasteiger partial charge in [0.05, 0.1) is 0 Å². The van der Waals surface area contributed by atoms with Gasteiger partial charge in [-0.15, -0.1) is 0 Å². The second-order valence-electron chi connectivity index (χ2n) is 4.53. The van der Waals surface area contributed by atoms with Gasteiger partial charge in [0, 0.05) is 18.3 Å². The largest absolute Gasteiger partial charge is 0.489 e. The normalized spacial score (nSPS) is 10.2. The Morgan fingerprint density at radius 2 is 2.00 bits per heavy atom. The first-order chi connectivity index (χ1) is 9.29. The number of benzene rings is 1. The molecule has 2 aromatic rings. The fraction of sp³-hybridized carbons (Fsp3) is 0.312. The molecule has 1 aromatic carbocycles. The quantitative estimate of drug-likeness (QED) is 0.853. The zero-order chi connectivity index (χ0) is 13.5. The van der Waals surface area contributed by atoms with Crippen LogP contribution in [0.15, 0.2) is 42.6 Å². The molecule has 0 aliphatic carbocycles. The van der Waals surface area contributed by atoms with Crippen molar-refractivity contribution < 1.29 is 4.74 Å². The summed E-state index contributed by atoms with van der Waals surface area (Å²) >= 11 is 0. The van der Waals surface area contributed by atoms with Gasteiger partial charge in [-0.3, -0.25) is 0 Å². The summed E-state index contributed by atoms with van der Waals surface area (Å²) in [4.78, 5) is 4.36. The van der Waals surface area contributed by atoms with E-state index in [0.29, 0.717) is 6.61 Å². The molecule has 0 bridgehead atoms. The van der Waals surface area contributed by atoms with Gasteiger partial charge in [-0.2, -0.15) is 0 Å². The van der Waals surface area contributed by atoms with Crippen molar-refractivity contribution in [1.82, 2.24) is 4.98 Å². The van der Waals surface area contributed by atoms with Crippen molar-refractivity contribution in [3.05, 3.63) is 53.7 Å². The van der Waals surface area contributed by atoms with Crippen LogP contribution in [0.25, 0.3) is 0 Å². The number of nitrogens with zero attached hydrogens (tertiary/aromatic N) is 1. The molecule has 0 aliphatic rings. The molecule has 0 radical (unpaired) electrons. The maximum atomic E-state index is 5.78. The van der Waals surface area contributed by atoms with E-state index in [0.717, 1.165) is 35.7 Å². The van der Waals surface area contributed by atoms with Gasteiger partial charge in [-0.25, -0.2) is 4.98 Å². The second kappa shape index (κ2) is 6.78. The number of nitrogens with one attached hydrogen (secondary N) is 1. The molecule has 2 rings (SSSR count). The highest BCUT2D eigenvalue weighted by Gasteiger charge is 2.00. The van der Waals surface area contributed by atoms with Crippen molar-refractivity contribution in [2.45, 2.75) is 26.9 Å². The predicted molar refractivity (Wildman–Crippen MR) is 78.5 cm³/mol. The smallest absolute Gasteiger partial charge is 0.125 e. The molecular weight excluding hydrogens is 236 g/mol. The second-order valence-corrected chi connectivity index (χ2v) is 4.53. The van der Waals surface area contributed by atoms with Gasteiger partial charge in [-0.1, -0.05) is 31.2 Å². The van der Waals surface area contributed by atoms with E-state index in [-0.39, 0.29) is 0 Å². The molecule has 100 valence electrons. The van der Waals surface area contributed by atoms with Gasteiger partial charge in [-0.05, 0) is 31.0 Å². The van der Waals surface area contributed by atoms with Crippen molar-refractivity contribution in [1.29, 1.82) is 0 Å². The molecule has 19 heavy (non-hydrogen) atoms. The molecule has 0 amide bonds. The van der Waals surface area contributed by atoms with E-state index in [1.54, 1.807) is 0 Å². The average Bonchev–Trinajstić information content (AvgIpc) is 2.45. The fourth-order valence-electron chi connectivity index (χ4n) is 1.75. The number of hydrogen-bond acceptors (Lipinski definition) is 3. The highest BCUT2D eigenvalue weighted by atomic mass is 16.5. The third kappa shape index (κ3) is 3.98. The molecule has 0 spiro atoms. The van der Waals surface area contributed by atoms with Gasteiger partial charge in [0.15, 0.2) is 0 Å². The van der Waals surface area contributed by atoms with Crippen molar-refractivity contribution in [2.75, 3.05) is 11.9 Å². The van der Waals surface area contributed by atoms with Crippen LogP contribution in [0.4, 0.5) is 5.82 Å². The van der Waals surface area contributed by atoms with E-state index in [4.69, 9.17) is 4.74 Å². The molecule has 1 aromatic heterocycles. The average molecular weight is 256 g/mol. The maximum absolute atomic E-state index is 5.78. The Bertz CT molecular complexity index is 508. The predicted octanol–water partition coefficient (Wildman–Crippen LogP) is 3.79. The van der Waals surface area contributed by atoms with Gasteiger partial charge < -0.3 is 10.1 Å². The Morgan fingerprint density at radius 3 is 2.68 bits per heavy atom. The van der Waals surface area contributed by atoms with Crippen LogP contribution < -0.4 is 10.1 Å². The number of anilines is 1. The van der Waals surface area contributed by atoms with Crippen LogP contribution in [0.3, 0.4) is 0 Å². The molecule has 0 atom stereocenters. The first-order valence-electron chi connectivity index (χ1n) is 6.67. The van der Waals surface area contributed by atoms with Gasteiger partial charge >= 0.3 is 0 Å². The minimum atomic E-state index is 0.548. The lowest BCUT2D eigenvalue weighted by Gasteiger charge is -2.09. The maximum Gasteiger partial charge on any atom is 0.125 e. The minimum Gasteiger partial charge on any atom is -0.489 e. The van der Waals surface area contributed by atoms with Crippen molar-refractivity contribution in [3.8, 4) is 5.75 Å². The van der Waals surface area contributed by atoms with Crippen LogP contribution in [-0.2, 0) is 6.61 Å². The summed E-state index contributed by atoms with van der Waals surface area (Å²) in [5.41, 5.74) is 2.22. The van der Waals surface area contributed by atoms with Crippen LogP contribution in [0.2, 0.25) is 0 Å². The molecule has 1 N–H and O–H groups in total. The van der Waals surface area contributed by atoms with Gasteiger partial charge in [0.1, 0.15) is 18.2 Å². The Hall–Kier alpha value is -2.03. The highest BCUT2D eigenvalue weighted by molar-refractivity contribution is 5.36. The van der Waals surface area contributed by atoms with E-state index >= 15 is 0 Å². The zero-order valence-electron chi connectivity index (χ0n) is 11.5. The molecule has 0 saturated carbocycles. The van der Waals surface area contributed by atoms with Crippen LogP contribution >= 0.6 is 0 Å². The number of aromatic nitrogens is 1. The van der Waals surface area contributed by atoms with Crippen molar-refractivity contribution >= 4 is 5.82 Å². The van der Waals surface area contributed by atoms with Crippen LogP contribution in [-0.4, -0.2) is 11.5 Å². The molecule has 3 nitrogen and oxygen atoms in total. The summed E-state index contributed by atoms with van der Waals surface area (Å²) in [5.74, 6) is 1.84. The first-order valence-corrected chi connectivity index (χ1v) is 6.67. The van der Waals surface area contributed by atoms with E-state index < -0.39 is 0 Å². The number of hydrogen-bond donors (Lipinski definition) is 1. The summed E-state index contributed by atoms with van der Waals surface area (Å²) in [6.45, 7) is 5.68. The summed E-state index contributed by atoms with van der Waals surface area (Å²) in [5, 5.41) is 3.25. The summed E-state index contributed by atoms with van der Waals surface area (Å²) in [6, 6.07) is 12.1. The Kier molecular flexibility index (Phi) is 4.78. The van der Waals surface area contributed by atoms with E-state index in [1.165, 1.54) is 0 Å². The molecule has 0 fully saturated rings. The Balaban J connectivity index is 1.91. The summed E-state index contributed by atoms with van der Waals surface area (Å²) < 4.78 is 5.78. The van der Waals surface area contributed by atoms with Crippen molar-refractivity contribution in [3.63, 3.8) is 0 Å². The van der Waals surface area contributed by atoms with Gasteiger partial charge in [0.2, 0.25) is 0 Å². The number of para-hydroxylation sites is 1. The SMILES string of the molecule is CCCNc1ccc(COc2ccccc2C)cn1. The van der Waals surface area contributed by atoms with Crippen LogP contribution in [0.5, 0.6) is 5.75 Å². The van der Waals surface area contributed by atoms with Crippen LogP contribution in [0, 0.1) is 6.92 Å². The van der Waals surface area contributed by atoms with Crippen LogP contribution in [0.1, 0.15) is 24.5 Å². The summed E-state index contributed by atoms with van der Waals surface area (Å²) in [7, 11) is 0. The standard InChI is InChI=1S/C16H20N2O/c1-3-10-17-16-9-8-14(11-18-16)12-19-15-7-5-4-6-13(15)2/h4-9,11H,3,10,12H2,1-2H3,(H,17,18). The lowest BCUT2D eigenvalue weighted by atomic mass is 10.2. The third-order valence-corrected chi connectivity index (χ3v) is 2.87. The molecular formula is C16H20N2O. The number of rotatable bonds is 6. The lowest BCUT2D eigenvalue weighted by molar-refractivity contribution is 0.303. The topological polar surface area (TPSA) is 34.1 Å². The van der Waals surface area contributed by atoms with Gasteiger partial charge in [0.25, 0.3) is 0 Å². The molecule has 1 heterocycles. The Labute approximate surface area is 114 Å². The Morgan fingerprint density at radius 1 is 1.16 bits per heavy atom. The summed E-state index contributed by atoms with van der Waals surface area (Å²) in [6.07, 6.45) is 2.95. The number of ether oxygens (including phenoxy) is 1. The molecule has 0 unspecified atom stereocenters. The monoisotopic (exact) mass is 256 g/mol. The first kappa shape index (κ1) is 13.4. The number of pyridine rings is 1. The minimum absolute atomic E-state index is 0.548. The fourth-order valence-corrected chi connectivity index (χ4v) is 1.75. The molecule has 0 aliphatic heterocycles. The lowest BCUT2D eigenvalue weighted by Crippen LogP contribution is -2.03. The highest BCUT2D eigenvalue weighted by Crippen LogP contribution is 2.17. The zero-order valence-corrected chi connectivity index (χ0v) is 11.5. The third-order valence-electron chi connectivity index (χ3n) is 2.87. The molecule has 0 saturated heterocycles.